The number of benzene rings is 1. The summed E-state index contributed by atoms with van der Waals surface area (Å²) in [4.78, 5) is 47.8. The van der Waals surface area contributed by atoms with E-state index in [0.717, 1.165) is 30.7 Å². The highest BCUT2D eigenvalue weighted by Gasteiger charge is 2.48. The molecular weight excluding hydrogens is 510 g/mol. The molecule has 39 heavy (non-hydrogen) atoms. The number of hydrogen-bond acceptors (Lipinski definition) is 8. The smallest absolute Gasteiger partial charge is 0.290 e. The first-order chi connectivity index (χ1) is 18.7. The zero-order valence-electron chi connectivity index (χ0n) is 21.5. The molecule has 2 amide bonds. The second-order valence-corrected chi connectivity index (χ2v) is 10.5. The number of likely N-dealkylation sites (tertiary alicyclic amines) is 1. The monoisotopic (exact) mass is 542 g/mol. The number of aliphatic hydroxyl groups excluding tert-OH is 1. The van der Waals surface area contributed by atoms with Gasteiger partial charge in [0, 0.05) is 44.7 Å². The number of β-amino-alcohol motifs (C(OH)–C–C–N with tert-alkyl or cyclic N) is 1. The Morgan fingerprint density at radius 2 is 1.87 bits per heavy atom. The Kier molecular flexibility index (Phi) is 7.85. The summed E-state index contributed by atoms with van der Waals surface area (Å²) in [7, 11) is 0. The number of Topliss-reactive ketones (excluding diaryl/α,β-unsaturated/α-hetero) is 1. The zero-order valence-corrected chi connectivity index (χ0v) is 21.5. The third-order valence-electron chi connectivity index (χ3n) is 7.44. The van der Waals surface area contributed by atoms with Crippen molar-refractivity contribution in [2.24, 2.45) is 5.92 Å². The number of aliphatic hydroxyl groups is 1. The molecule has 2 fully saturated rings. The molecule has 1 aromatic heterocycles. The molecule has 0 bridgehead atoms. The van der Waals surface area contributed by atoms with E-state index in [1.165, 1.54) is 17.2 Å². The van der Waals surface area contributed by atoms with Gasteiger partial charge in [-0.05, 0) is 36.8 Å². The molecule has 2 unspecified atom stereocenters. The molecule has 1 saturated heterocycles. The minimum atomic E-state index is -3.30. The number of hydrogen-bond donors (Lipinski definition) is 3. The van der Waals surface area contributed by atoms with Gasteiger partial charge >= 0.3 is 0 Å². The predicted molar refractivity (Wildman–Crippen MR) is 137 cm³/mol. The molecular formula is C27H32F2N6O4. The highest BCUT2D eigenvalue weighted by atomic mass is 19.3. The van der Waals surface area contributed by atoms with Crippen molar-refractivity contribution in [1.82, 2.24) is 25.1 Å². The third kappa shape index (κ3) is 6.56. The summed E-state index contributed by atoms with van der Waals surface area (Å²) >= 11 is 0. The first kappa shape index (κ1) is 27.1. The largest absolute Gasteiger partial charge is 0.390 e. The fraction of sp³-hybridized carbons (Fsp3) is 0.519. The van der Waals surface area contributed by atoms with Crippen LogP contribution in [0.25, 0.3) is 0 Å². The topological polar surface area (TPSA) is 128 Å². The number of piperidine rings is 1. The van der Waals surface area contributed by atoms with Crippen molar-refractivity contribution < 1.29 is 28.3 Å². The first-order valence-corrected chi connectivity index (χ1v) is 13.2. The van der Waals surface area contributed by atoms with E-state index in [0.29, 0.717) is 19.4 Å². The molecule has 1 saturated carbocycles. The average Bonchev–Trinajstić information content (AvgIpc) is 3.78. The summed E-state index contributed by atoms with van der Waals surface area (Å²) in [5.74, 6) is -5.57. The van der Waals surface area contributed by atoms with Crippen molar-refractivity contribution in [3.8, 4) is 0 Å². The van der Waals surface area contributed by atoms with Crippen molar-refractivity contribution in [3.63, 3.8) is 0 Å². The fourth-order valence-corrected chi connectivity index (χ4v) is 5.08. The number of rotatable bonds is 9. The van der Waals surface area contributed by atoms with Gasteiger partial charge in [0.15, 0.2) is 0 Å². The third-order valence-corrected chi connectivity index (χ3v) is 7.44. The lowest BCUT2D eigenvalue weighted by Gasteiger charge is -2.38. The number of carbonyl (C=O) groups is 3. The van der Waals surface area contributed by atoms with Crippen LogP contribution in [-0.4, -0.2) is 93.3 Å². The second kappa shape index (κ2) is 11.3. The Hall–Kier alpha value is -3.51. The molecule has 1 aliphatic carbocycles. The van der Waals surface area contributed by atoms with Crippen molar-refractivity contribution in [3.05, 3.63) is 53.5 Å². The minimum Gasteiger partial charge on any atom is -0.390 e. The molecule has 1 aromatic carbocycles. The molecule has 2 atom stereocenters. The number of halogens is 2. The summed E-state index contributed by atoms with van der Waals surface area (Å²) in [6, 6.07) is 8.13. The van der Waals surface area contributed by atoms with Crippen LogP contribution in [0.3, 0.4) is 0 Å². The van der Waals surface area contributed by atoms with Crippen LogP contribution in [0.4, 0.5) is 14.6 Å². The maximum absolute atomic E-state index is 14.9. The van der Waals surface area contributed by atoms with Gasteiger partial charge in [-0.2, -0.15) is 0 Å². The van der Waals surface area contributed by atoms with E-state index in [-0.39, 0.29) is 36.9 Å². The number of amides is 2. The molecule has 3 N–H and O–H groups in total. The van der Waals surface area contributed by atoms with Crippen LogP contribution in [-0.2, 0) is 22.6 Å². The molecule has 0 spiro atoms. The molecule has 2 aromatic rings. The zero-order chi connectivity index (χ0) is 27.6. The Labute approximate surface area is 224 Å². The lowest BCUT2D eigenvalue weighted by molar-refractivity contribution is -0.152. The average molecular weight is 543 g/mol. The molecule has 2 aliphatic heterocycles. The summed E-state index contributed by atoms with van der Waals surface area (Å²) in [6.45, 7) is 1.11. The number of anilines is 1. The predicted octanol–water partition coefficient (Wildman–Crippen LogP) is 1.25. The lowest BCUT2D eigenvalue weighted by atomic mass is 10.00. The standard InChI is InChI=1S/C27H32F2N6O4/c28-27(29)15-35(26(39)24(37)18-5-6-18)10-8-22(27)33-23-11-21(31-16-32-23)25(38)30-12-20(36)14-34-9-7-17-3-1-2-4-19(17)13-34/h1-4,11,16,18,20,22,36H,5-10,12-15H2,(H,30,38)(H,31,32,33). The van der Waals surface area contributed by atoms with Crippen LogP contribution in [0.5, 0.6) is 0 Å². The van der Waals surface area contributed by atoms with Crippen LogP contribution in [0, 0.1) is 5.92 Å². The number of carbonyl (C=O) groups excluding carboxylic acids is 3. The van der Waals surface area contributed by atoms with Gasteiger partial charge < -0.3 is 20.6 Å². The number of nitrogens with one attached hydrogen (secondary N) is 2. The molecule has 10 nitrogen and oxygen atoms in total. The van der Waals surface area contributed by atoms with E-state index in [2.05, 4.69) is 37.6 Å². The summed E-state index contributed by atoms with van der Waals surface area (Å²) in [6.07, 6.45) is 2.39. The lowest BCUT2D eigenvalue weighted by Crippen LogP contribution is -2.57. The van der Waals surface area contributed by atoms with E-state index in [4.69, 9.17) is 0 Å². The van der Waals surface area contributed by atoms with Crippen LogP contribution >= 0.6 is 0 Å². The van der Waals surface area contributed by atoms with Gasteiger partial charge in [-0.3, -0.25) is 19.3 Å². The highest BCUT2D eigenvalue weighted by Crippen LogP contribution is 2.33. The maximum atomic E-state index is 14.9. The van der Waals surface area contributed by atoms with Gasteiger partial charge in [-0.15, -0.1) is 0 Å². The minimum absolute atomic E-state index is 0.00782. The van der Waals surface area contributed by atoms with Crippen molar-refractivity contribution in [1.29, 1.82) is 0 Å². The van der Waals surface area contributed by atoms with Gasteiger partial charge in [-0.1, -0.05) is 24.3 Å². The number of alkyl halides is 2. The van der Waals surface area contributed by atoms with Gasteiger partial charge in [0.1, 0.15) is 17.8 Å². The summed E-state index contributed by atoms with van der Waals surface area (Å²) in [5, 5.41) is 15.8. The molecule has 5 rings (SSSR count). The van der Waals surface area contributed by atoms with Crippen LogP contribution in [0.15, 0.2) is 36.7 Å². The number of nitrogens with zero attached hydrogens (tertiary/aromatic N) is 4. The Morgan fingerprint density at radius 1 is 1.10 bits per heavy atom. The quantitative estimate of drug-likeness (QED) is 0.404. The maximum Gasteiger partial charge on any atom is 0.290 e. The van der Waals surface area contributed by atoms with E-state index >= 15 is 0 Å². The number of ketones is 1. The van der Waals surface area contributed by atoms with E-state index in [1.54, 1.807) is 0 Å². The normalized spacial score (nSPS) is 21.5. The first-order valence-electron chi connectivity index (χ1n) is 13.2. The summed E-state index contributed by atoms with van der Waals surface area (Å²) < 4.78 is 29.7. The fourth-order valence-electron chi connectivity index (χ4n) is 5.08. The Balaban J connectivity index is 1.11. The second-order valence-electron chi connectivity index (χ2n) is 10.5. The number of aromatic nitrogens is 2. The van der Waals surface area contributed by atoms with Gasteiger partial charge in [0.05, 0.1) is 18.7 Å². The van der Waals surface area contributed by atoms with Crippen LogP contribution < -0.4 is 10.6 Å². The molecule has 3 aliphatic rings. The summed E-state index contributed by atoms with van der Waals surface area (Å²) in [5.41, 5.74) is 2.51. The Morgan fingerprint density at radius 3 is 2.62 bits per heavy atom. The van der Waals surface area contributed by atoms with Gasteiger partial charge in [-0.25, -0.2) is 18.7 Å². The van der Waals surface area contributed by atoms with E-state index in [9.17, 15) is 28.3 Å². The van der Waals surface area contributed by atoms with Gasteiger partial charge in [0.25, 0.3) is 17.7 Å². The van der Waals surface area contributed by atoms with Crippen LogP contribution in [0.1, 0.15) is 40.9 Å². The molecule has 3 heterocycles. The molecule has 12 heteroatoms. The number of fused-ring (bicyclic) bond motifs is 1. The van der Waals surface area contributed by atoms with Gasteiger partial charge in [0.2, 0.25) is 5.78 Å². The highest BCUT2D eigenvalue weighted by molar-refractivity contribution is 6.37. The van der Waals surface area contributed by atoms with E-state index < -0.39 is 42.2 Å². The van der Waals surface area contributed by atoms with E-state index in [1.807, 2.05) is 12.1 Å². The Bertz CT molecular complexity index is 1240. The SMILES string of the molecule is O=C(NCC(O)CN1CCc2ccccc2C1)c1cc(NC2CCN(C(=O)C(=O)C3CC3)CC2(F)F)ncn1. The van der Waals surface area contributed by atoms with Crippen molar-refractivity contribution >= 4 is 23.4 Å². The van der Waals surface area contributed by atoms with Crippen molar-refractivity contribution in [2.75, 3.05) is 38.0 Å². The molecule has 0 radical (unpaired) electrons. The molecule has 208 valence electrons. The van der Waals surface area contributed by atoms with Crippen molar-refractivity contribution in [2.45, 2.75) is 50.3 Å². The van der Waals surface area contributed by atoms with Crippen LogP contribution in [0.2, 0.25) is 0 Å².